The van der Waals surface area contributed by atoms with Crippen molar-refractivity contribution in [2.75, 3.05) is 13.2 Å². The fourth-order valence-electron chi connectivity index (χ4n) is 3.27. The van der Waals surface area contributed by atoms with Crippen LogP contribution < -0.4 is 21.3 Å². The summed E-state index contributed by atoms with van der Waals surface area (Å²) in [5, 5.41) is 3.86. The molecule has 0 bridgehead atoms. The van der Waals surface area contributed by atoms with E-state index in [1.807, 2.05) is 30.3 Å². The number of hydrogen-bond donors (Lipinski definition) is 3. The van der Waals surface area contributed by atoms with Gasteiger partial charge in [0.15, 0.2) is 5.65 Å². The van der Waals surface area contributed by atoms with Crippen LogP contribution in [0.1, 0.15) is 18.7 Å². The third-order valence-electron chi connectivity index (χ3n) is 4.89. The molecule has 1 amide bonds. The Balaban J connectivity index is 1.23. The highest BCUT2D eigenvalue weighted by Crippen LogP contribution is 2.22. The molecule has 0 fully saturated rings. The molecule has 0 aliphatic carbocycles. The topological polar surface area (TPSA) is 135 Å². The molecule has 0 saturated heterocycles. The van der Waals surface area contributed by atoms with Gasteiger partial charge in [-0.15, -0.1) is 0 Å². The number of aromatic nitrogens is 5. The number of hydrogen-bond acceptors (Lipinski definition) is 6. The van der Waals surface area contributed by atoms with E-state index in [4.69, 9.17) is 4.74 Å². The summed E-state index contributed by atoms with van der Waals surface area (Å²) < 4.78 is 7.06. The maximum absolute atomic E-state index is 12.1. The third-order valence-corrected chi connectivity index (χ3v) is 4.89. The number of aryl methyl sites for hydroxylation is 2. The molecule has 1 aromatic carbocycles. The van der Waals surface area contributed by atoms with Gasteiger partial charge in [-0.2, -0.15) is 0 Å². The molecule has 0 saturated carbocycles. The lowest BCUT2D eigenvalue weighted by atomic mass is 10.2. The summed E-state index contributed by atoms with van der Waals surface area (Å²) in [6.07, 6.45) is 2.91. The summed E-state index contributed by atoms with van der Waals surface area (Å²) in [5.41, 5.74) is 0.246. The predicted octanol–water partition coefficient (Wildman–Crippen LogP) is 1.02. The van der Waals surface area contributed by atoms with E-state index in [-0.39, 0.29) is 23.5 Å². The van der Waals surface area contributed by atoms with Gasteiger partial charge in [-0.25, -0.2) is 9.78 Å². The molecule has 31 heavy (non-hydrogen) atoms. The Morgan fingerprint density at radius 3 is 2.90 bits per heavy atom. The highest BCUT2D eigenvalue weighted by atomic mass is 16.5. The second-order valence-corrected chi connectivity index (χ2v) is 7.08. The highest BCUT2D eigenvalue weighted by molar-refractivity contribution is 5.84. The van der Waals surface area contributed by atoms with E-state index in [0.717, 1.165) is 16.7 Å². The highest BCUT2D eigenvalue weighted by Gasteiger charge is 2.12. The van der Waals surface area contributed by atoms with E-state index in [1.54, 1.807) is 6.20 Å². The molecular weight excluding hydrogens is 400 g/mol. The zero-order chi connectivity index (χ0) is 21.8. The van der Waals surface area contributed by atoms with Crippen LogP contribution in [-0.2, 0) is 18.3 Å². The van der Waals surface area contributed by atoms with Crippen molar-refractivity contribution in [3.8, 4) is 5.75 Å². The number of amides is 1. The van der Waals surface area contributed by atoms with Gasteiger partial charge in [-0.1, -0.05) is 18.2 Å². The normalized spacial score (nSPS) is 11.1. The third kappa shape index (κ3) is 4.47. The Hall–Kier alpha value is -3.95. The molecule has 0 radical (unpaired) electrons. The minimum absolute atomic E-state index is 0.130. The van der Waals surface area contributed by atoms with E-state index in [2.05, 4.69) is 25.3 Å². The largest absolute Gasteiger partial charge is 0.491 e. The van der Waals surface area contributed by atoms with Crippen LogP contribution in [-0.4, -0.2) is 43.6 Å². The van der Waals surface area contributed by atoms with E-state index in [1.165, 1.54) is 11.6 Å². The number of carbonyl (C=O) groups excluding carboxylic acids is 1. The van der Waals surface area contributed by atoms with Crippen LogP contribution in [0.4, 0.5) is 0 Å². The van der Waals surface area contributed by atoms with Gasteiger partial charge in [0.1, 0.15) is 22.6 Å². The minimum atomic E-state index is -0.533. The molecule has 10 nitrogen and oxygen atoms in total. The zero-order valence-electron chi connectivity index (χ0n) is 17.0. The molecule has 0 aliphatic heterocycles. The van der Waals surface area contributed by atoms with Crippen LogP contribution in [0.15, 0.2) is 46.1 Å². The number of benzene rings is 1. The first-order chi connectivity index (χ1) is 15.0. The van der Waals surface area contributed by atoms with E-state index in [0.29, 0.717) is 31.8 Å². The molecule has 0 unspecified atom stereocenters. The van der Waals surface area contributed by atoms with Crippen molar-refractivity contribution in [3.63, 3.8) is 0 Å². The number of nitrogens with zero attached hydrogens (tertiary/aromatic N) is 3. The fraction of sp³-hybridized carbons (Fsp3) is 0.286. The lowest BCUT2D eigenvalue weighted by Gasteiger charge is -2.09. The van der Waals surface area contributed by atoms with Gasteiger partial charge >= 0.3 is 5.69 Å². The average Bonchev–Trinajstić information content (AvgIpc) is 3.21. The van der Waals surface area contributed by atoms with Gasteiger partial charge < -0.3 is 15.0 Å². The SMILES string of the molecule is Cn1c(=O)[nH]c(=O)c2[nH]c(CCC(=O)NCCCOc3cccc4cccnc34)nc21. The Morgan fingerprint density at radius 1 is 1.19 bits per heavy atom. The van der Waals surface area contributed by atoms with Crippen LogP contribution in [0.3, 0.4) is 0 Å². The zero-order valence-corrected chi connectivity index (χ0v) is 17.0. The molecule has 0 aliphatic rings. The van der Waals surface area contributed by atoms with E-state index in [9.17, 15) is 14.4 Å². The monoisotopic (exact) mass is 422 g/mol. The Labute approximate surface area is 176 Å². The van der Waals surface area contributed by atoms with Crippen molar-refractivity contribution in [3.05, 3.63) is 63.2 Å². The quantitative estimate of drug-likeness (QED) is 0.363. The smallest absolute Gasteiger partial charge is 0.329 e. The average molecular weight is 422 g/mol. The molecule has 10 heteroatoms. The van der Waals surface area contributed by atoms with Crippen molar-refractivity contribution in [2.24, 2.45) is 7.05 Å². The second kappa shape index (κ2) is 8.82. The molecule has 160 valence electrons. The van der Waals surface area contributed by atoms with Crippen molar-refractivity contribution in [1.29, 1.82) is 0 Å². The maximum atomic E-state index is 12.1. The van der Waals surface area contributed by atoms with Crippen LogP contribution in [0, 0.1) is 0 Å². The lowest BCUT2D eigenvalue weighted by molar-refractivity contribution is -0.121. The van der Waals surface area contributed by atoms with Gasteiger partial charge in [-0.3, -0.25) is 24.1 Å². The first-order valence-electron chi connectivity index (χ1n) is 9.94. The van der Waals surface area contributed by atoms with Crippen molar-refractivity contribution < 1.29 is 9.53 Å². The molecule has 3 heterocycles. The number of rotatable bonds is 8. The van der Waals surface area contributed by atoms with Crippen LogP contribution in [0.5, 0.6) is 5.75 Å². The summed E-state index contributed by atoms with van der Waals surface area (Å²) in [5.74, 6) is 1.07. The summed E-state index contributed by atoms with van der Waals surface area (Å²) in [6.45, 7) is 0.932. The van der Waals surface area contributed by atoms with Crippen molar-refractivity contribution >= 4 is 28.0 Å². The van der Waals surface area contributed by atoms with Gasteiger partial charge in [-0.05, 0) is 18.6 Å². The van der Waals surface area contributed by atoms with Gasteiger partial charge in [0.05, 0.1) is 6.61 Å². The molecular formula is C21H22N6O4. The summed E-state index contributed by atoms with van der Waals surface area (Å²) in [4.78, 5) is 49.3. The number of H-pyrrole nitrogens is 2. The van der Waals surface area contributed by atoms with Crippen LogP contribution in [0.25, 0.3) is 22.1 Å². The van der Waals surface area contributed by atoms with Crippen LogP contribution in [0.2, 0.25) is 0 Å². The molecule has 3 N–H and O–H groups in total. The first-order valence-corrected chi connectivity index (χ1v) is 9.94. The molecule has 0 atom stereocenters. The number of carbonyl (C=O) groups is 1. The van der Waals surface area contributed by atoms with E-state index >= 15 is 0 Å². The Morgan fingerprint density at radius 2 is 2.03 bits per heavy atom. The Kier molecular flexibility index (Phi) is 5.78. The minimum Gasteiger partial charge on any atom is -0.491 e. The standard InChI is InChI=1S/C21H22N6O4/c1-27-19-18(20(29)26-21(27)30)24-15(25-19)8-9-16(28)22-11-4-12-31-14-7-2-5-13-6-3-10-23-17(13)14/h2-3,5-7,10H,4,8-9,11-12H2,1H3,(H,22,28)(H,24,25)(H,26,29,30). The first kappa shape index (κ1) is 20.3. The lowest BCUT2D eigenvalue weighted by Crippen LogP contribution is -2.28. The van der Waals surface area contributed by atoms with Gasteiger partial charge in [0.2, 0.25) is 5.91 Å². The van der Waals surface area contributed by atoms with Crippen molar-refractivity contribution in [1.82, 2.24) is 29.8 Å². The fourth-order valence-corrected chi connectivity index (χ4v) is 3.27. The van der Waals surface area contributed by atoms with Crippen LogP contribution >= 0.6 is 0 Å². The number of nitrogens with one attached hydrogen (secondary N) is 3. The van der Waals surface area contributed by atoms with Gasteiger partial charge in [0.25, 0.3) is 5.56 Å². The summed E-state index contributed by atoms with van der Waals surface area (Å²) in [6, 6.07) is 9.64. The molecule has 0 spiro atoms. The van der Waals surface area contributed by atoms with Crippen molar-refractivity contribution in [2.45, 2.75) is 19.3 Å². The summed E-state index contributed by atoms with van der Waals surface area (Å²) in [7, 11) is 1.52. The van der Waals surface area contributed by atoms with Gasteiger partial charge in [0, 0.05) is 38.0 Å². The number of aromatic amines is 2. The predicted molar refractivity (Wildman–Crippen MR) is 115 cm³/mol. The summed E-state index contributed by atoms with van der Waals surface area (Å²) >= 11 is 0. The molecule has 3 aromatic heterocycles. The maximum Gasteiger partial charge on any atom is 0.329 e. The molecule has 4 rings (SSSR count). The van der Waals surface area contributed by atoms with E-state index < -0.39 is 11.2 Å². The number of para-hydroxylation sites is 1. The Bertz CT molecular complexity index is 1350. The number of ether oxygens (including phenoxy) is 1. The molecule has 4 aromatic rings. The number of imidazole rings is 1. The number of pyridine rings is 1. The second-order valence-electron chi connectivity index (χ2n) is 7.08. The number of fused-ring (bicyclic) bond motifs is 2.